The number of nitrogens with one attached hydrogen (secondary N) is 1. The SMILES string of the molecule is Cc1cccc(C)c1-c1nc2nc(c1C)OC[C@@H](CC(C)C)N(C1CC3(CCN(C(=O)OC(C)C)CC3)C1)C(=O)c1cccc(c1)S(=O)(=O)N2. The van der Waals surface area contributed by atoms with Gasteiger partial charge in [-0.1, -0.05) is 38.1 Å². The molecule has 2 aromatic carbocycles. The Labute approximate surface area is 295 Å². The average molecular weight is 704 g/mol. The Morgan fingerprint density at radius 3 is 2.32 bits per heavy atom. The average Bonchev–Trinajstić information content (AvgIpc) is 3.03. The lowest BCUT2D eigenvalue weighted by molar-refractivity contribution is -0.0522. The molecule has 12 heteroatoms. The Hall–Kier alpha value is -4.19. The van der Waals surface area contributed by atoms with Crippen LogP contribution < -0.4 is 9.46 Å². The Morgan fingerprint density at radius 1 is 1.02 bits per heavy atom. The van der Waals surface area contributed by atoms with Crippen LogP contribution >= 0.6 is 0 Å². The van der Waals surface area contributed by atoms with Crippen LogP contribution in [0.4, 0.5) is 10.7 Å². The summed E-state index contributed by atoms with van der Waals surface area (Å²) in [4.78, 5) is 40.1. The predicted molar refractivity (Wildman–Crippen MR) is 192 cm³/mol. The summed E-state index contributed by atoms with van der Waals surface area (Å²) in [7, 11) is -4.16. The number of carbonyl (C=O) groups is 2. The topological polar surface area (TPSA) is 131 Å². The number of fused-ring (bicyclic) bond motifs is 4. The molecule has 1 spiro atoms. The van der Waals surface area contributed by atoms with Gasteiger partial charge >= 0.3 is 6.09 Å². The molecular weight excluding hydrogens is 655 g/mol. The molecule has 2 amide bonds. The number of piperidine rings is 1. The molecule has 1 aliphatic carbocycles. The number of anilines is 1. The van der Waals surface area contributed by atoms with E-state index in [4.69, 9.17) is 14.5 Å². The predicted octanol–water partition coefficient (Wildman–Crippen LogP) is 6.91. The maximum atomic E-state index is 14.6. The number of sulfonamides is 1. The molecule has 1 atom stereocenters. The van der Waals surface area contributed by atoms with Gasteiger partial charge in [-0.15, -0.1) is 0 Å². The summed E-state index contributed by atoms with van der Waals surface area (Å²) < 4.78 is 42.1. The van der Waals surface area contributed by atoms with Gasteiger partial charge < -0.3 is 19.3 Å². The number of nitrogens with zero attached hydrogens (tertiary/aromatic N) is 4. The summed E-state index contributed by atoms with van der Waals surface area (Å²) in [6.45, 7) is 15.3. The van der Waals surface area contributed by atoms with Crippen molar-refractivity contribution >= 4 is 28.0 Å². The summed E-state index contributed by atoms with van der Waals surface area (Å²) >= 11 is 0. The van der Waals surface area contributed by atoms with Crippen LogP contribution in [-0.4, -0.2) is 78.1 Å². The summed E-state index contributed by atoms with van der Waals surface area (Å²) in [6, 6.07) is 11.8. The van der Waals surface area contributed by atoms with Gasteiger partial charge in [-0.05, 0) is 107 Å². The van der Waals surface area contributed by atoms with Crippen molar-refractivity contribution in [2.45, 2.75) is 104 Å². The molecule has 3 heterocycles. The fourth-order valence-electron chi connectivity index (χ4n) is 7.83. The minimum atomic E-state index is -4.16. The van der Waals surface area contributed by atoms with Gasteiger partial charge in [0.2, 0.25) is 11.8 Å². The highest BCUT2D eigenvalue weighted by atomic mass is 32.2. The maximum Gasteiger partial charge on any atom is 0.410 e. The van der Waals surface area contributed by atoms with Crippen LogP contribution in [0.25, 0.3) is 11.3 Å². The van der Waals surface area contributed by atoms with Gasteiger partial charge in [0.15, 0.2) is 0 Å². The van der Waals surface area contributed by atoms with Crippen LogP contribution in [0.1, 0.15) is 86.8 Å². The van der Waals surface area contributed by atoms with E-state index in [2.05, 4.69) is 23.6 Å². The fraction of sp³-hybridized carbons (Fsp3) is 0.526. The van der Waals surface area contributed by atoms with E-state index in [9.17, 15) is 18.0 Å². The first-order valence-electron chi connectivity index (χ1n) is 17.7. The molecule has 3 aromatic rings. The van der Waals surface area contributed by atoms with Crippen LogP contribution in [0.15, 0.2) is 47.4 Å². The number of likely N-dealkylation sites (tertiary alicyclic amines) is 1. The lowest BCUT2D eigenvalue weighted by Gasteiger charge is -2.56. The van der Waals surface area contributed by atoms with Gasteiger partial charge in [-0.3, -0.25) is 4.79 Å². The van der Waals surface area contributed by atoms with E-state index in [0.29, 0.717) is 36.3 Å². The highest BCUT2D eigenvalue weighted by molar-refractivity contribution is 7.92. The summed E-state index contributed by atoms with van der Waals surface area (Å²) in [5, 5.41) is 0. The van der Waals surface area contributed by atoms with E-state index in [1.54, 1.807) is 17.0 Å². The third-order valence-electron chi connectivity index (χ3n) is 10.4. The third-order valence-corrected chi connectivity index (χ3v) is 11.7. The number of rotatable bonds is 5. The zero-order valence-corrected chi connectivity index (χ0v) is 31.0. The summed E-state index contributed by atoms with van der Waals surface area (Å²) in [5.74, 6) is 0.202. The number of amides is 2. The van der Waals surface area contributed by atoms with Gasteiger partial charge in [-0.25, -0.2) is 22.9 Å². The largest absolute Gasteiger partial charge is 0.475 e. The van der Waals surface area contributed by atoms with Gasteiger partial charge in [-0.2, -0.15) is 4.98 Å². The minimum Gasteiger partial charge on any atom is -0.475 e. The highest BCUT2D eigenvalue weighted by Crippen LogP contribution is 2.52. The molecule has 4 bridgehead atoms. The minimum absolute atomic E-state index is 0.0253. The summed E-state index contributed by atoms with van der Waals surface area (Å²) in [5.41, 5.74) is 4.48. The molecule has 11 nitrogen and oxygen atoms in total. The van der Waals surface area contributed by atoms with Crippen molar-refractivity contribution in [1.82, 2.24) is 19.8 Å². The number of aromatic nitrogens is 2. The molecule has 3 aliphatic rings. The first-order valence-corrected chi connectivity index (χ1v) is 19.1. The van der Waals surface area contributed by atoms with E-state index < -0.39 is 10.0 Å². The Morgan fingerprint density at radius 2 is 1.68 bits per heavy atom. The molecule has 1 saturated heterocycles. The molecule has 2 aliphatic heterocycles. The number of benzene rings is 2. The molecule has 50 heavy (non-hydrogen) atoms. The molecule has 0 unspecified atom stereocenters. The van der Waals surface area contributed by atoms with Gasteiger partial charge in [0.1, 0.15) is 6.61 Å². The van der Waals surface area contributed by atoms with Crippen molar-refractivity contribution < 1.29 is 27.5 Å². The lowest BCUT2D eigenvalue weighted by atomic mass is 9.59. The maximum absolute atomic E-state index is 14.6. The second kappa shape index (κ2) is 13.8. The Kier molecular flexibility index (Phi) is 9.87. The molecular formula is C38H49N5O6S. The number of ether oxygens (including phenoxy) is 2. The van der Waals surface area contributed by atoms with Crippen molar-refractivity contribution in [3.8, 4) is 17.1 Å². The first-order chi connectivity index (χ1) is 23.7. The first kappa shape index (κ1) is 35.6. The van der Waals surface area contributed by atoms with Crippen LogP contribution in [0.3, 0.4) is 0 Å². The van der Waals surface area contributed by atoms with Gasteiger partial charge in [0.25, 0.3) is 15.9 Å². The second-order valence-electron chi connectivity index (χ2n) is 15.0. The molecule has 1 saturated carbocycles. The molecule has 2 fully saturated rings. The van der Waals surface area contributed by atoms with E-state index >= 15 is 0 Å². The van der Waals surface area contributed by atoms with E-state index in [1.807, 2.05) is 57.7 Å². The Bertz CT molecular complexity index is 1860. The van der Waals surface area contributed by atoms with Crippen LogP contribution in [0.2, 0.25) is 0 Å². The zero-order chi connectivity index (χ0) is 36.0. The zero-order valence-electron chi connectivity index (χ0n) is 30.2. The van der Waals surface area contributed by atoms with Crippen molar-refractivity contribution in [2.24, 2.45) is 11.3 Å². The smallest absolute Gasteiger partial charge is 0.410 e. The third kappa shape index (κ3) is 7.17. The number of hydrogen-bond acceptors (Lipinski definition) is 8. The lowest BCUT2D eigenvalue weighted by Crippen LogP contribution is -2.60. The second-order valence-corrected chi connectivity index (χ2v) is 16.7. The number of hydrogen-bond donors (Lipinski definition) is 1. The van der Waals surface area contributed by atoms with Crippen molar-refractivity contribution in [3.63, 3.8) is 0 Å². The normalized spacial score (nSPS) is 20.3. The van der Waals surface area contributed by atoms with E-state index in [0.717, 1.165) is 42.4 Å². The van der Waals surface area contributed by atoms with Gasteiger partial charge in [0, 0.05) is 35.8 Å². The monoisotopic (exact) mass is 703 g/mol. The quantitative estimate of drug-likeness (QED) is 0.304. The van der Waals surface area contributed by atoms with Gasteiger partial charge in [0.05, 0.1) is 22.7 Å². The van der Waals surface area contributed by atoms with Crippen LogP contribution in [-0.2, 0) is 14.8 Å². The molecule has 6 rings (SSSR count). The van der Waals surface area contributed by atoms with Crippen LogP contribution in [0.5, 0.6) is 5.88 Å². The van der Waals surface area contributed by atoms with Crippen molar-refractivity contribution in [1.29, 1.82) is 0 Å². The standard InChI is InChI=1S/C38H49N5O6S/c1-23(2)18-29-22-48-34-27(7)33(32-25(5)10-8-11-26(32)6)39-36(40-34)41-50(46,47)31-13-9-12-28(19-31)35(44)43(29)30-20-38(21-30)14-16-42(17-15-38)37(45)49-24(3)4/h8-13,19,23-24,29-30H,14-18,20-22H2,1-7H3,(H,39,40,41)/t29-/m1/s1. The molecule has 1 aromatic heterocycles. The molecule has 1 N–H and O–H groups in total. The highest BCUT2D eigenvalue weighted by Gasteiger charge is 2.51. The molecule has 0 radical (unpaired) electrons. The van der Waals surface area contributed by atoms with Crippen molar-refractivity contribution in [3.05, 3.63) is 64.7 Å². The van der Waals surface area contributed by atoms with Crippen LogP contribution in [0, 0.1) is 32.1 Å². The Balaban J connectivity index is 1.38. The number of carbonyl (C=O) groups excluding carboxylic acids is 2. The van der Waals surface area contributed by atoms with Crippen molar-refractivity contribution in [2.75, 3.05) is 24.4 Å². The van der Waals surface area contributed by atoms with E-state index in [1.165, 1.54) is 12.1 Å². The fourth-order valence-corrected chi connectivity index (χ4v) is 8.82. The summed E-state index contributed by atoms with van der Waals surface area (Å²) in [6.07, 6.45) is 3.51. The number of aryl methyl sites for hydroxylation is 2. The van der Waals surface area contributed by atoms with E-state index in [-0.39, 0.29) is 64.9 Å². The molecule has 268 valence electrons.